The SMILES string of the molecule is FC(F)(F)CCc1noc(C2NCC3CCCC32)n1. The summed E-state index contributed by atoms with van der Waals surface area (Å²) in [5.74, 6) is 1.74. The van der Waals surface area contributed by atoms with Gasteiger partial charge in [-0.2, -0.15) is 18.2 Å². The molecular weight excluding hydrogens is 259 g/mol. The predicted octanol–water partition coefficient (Wildman–Crippen LogP) is 2.63. The van der Waals surface area contributed by atoms with Crippen LogP contribution in [0.25, 0.3) is 0 Å². The molecule has 1 saturated heterocycles. The zero-order chi connectivity index (χ0) is 13.5. The van der Waals surface area contributed by atoms with Gasteiger partial charge in [-0.3, -0.25) is 0 Å². The van der Waals surface area contributed by atoms with E-state index in [1.165, 1.54) is 12.8 Å². The summed E-state index contributed by atoms with van der Waals surface area (Å²) in [4.78, 5) is 4.12. The first-order chi connectivity index (χ1) is 9.03. The van der Waals surface area contributed by atoms with E-state index in [1.807, 2.05) is 0 Å². The number of hydrogen-bond donors (Lipinski definition) is 1. The van der Waals surface area contributed by atoms with Crippen molar-refractivity contribution in [3.05, 3.63) is 11.7 Å². The van der Waals surface area contributed by atoms with E-state index in [2.05, 4.69) is 15.5 Å². The van der Waals surface area contributed by atoms with Gasteiger partial charge in [0.1, 0.15) is 0 Å². The number of aryl methyl sites for hydroxylation is 1. The van der Waals surface area contributed by atoms with Gasteiger partial charge in [0, 0.05) is 6.42 Å². The first-order valence-electron chi connectivity index (χ1n) is 6.65. The van der Waals surface area contributed by atoms with Crippen LogP contribution in [0.3, 0.4) is 0 Å². The third-order valence-electron chi connectivity index (χ3n) is 4.13. The summed E-state index contributed by atoms with van der Waals surface area (Å²) >= 11 is 0. The Morgan fingerprint density at radius 1 is 1.32 bits per heavy atom. The van der Waals surface area contributed by atoms with Gasteiger partial charge < -0.3 is 9.84 Å². The number of halogens is 3. The van der Waals surface area contributed by atoms with Gasteiger partial charge in [0.25, 0.3) is 0 Å². The Morgan fingerprint density at radius 3 is 2.95 bits per heavy atom. The zero-order valence-corrected chi connectivity index (χ0v) is 10.4. The molecule has 1 aromatic rings. The van der Waals surface area contributed by atoms with Crippen LogP contribution < -0.4 is 5.32 Å². The molecule has 1 N–H and O–H groups in total. The van der Waals surface area contributed by atoms with Gasteiger partial charge >= 0.3 is 6.18 Å². The third kappa shape index (κ3) is 2.75. The molecule has 1 aliphatic heterocycles. The molecule has 0 bridgehead atoms. The van der Waals surface area contributed by atoms with Crippen molar-refractivity contribution in [1.29, 1.82) is 0 Å². The number of nitrogens with zero attached hydrogens (tertiary/aromatic N) is 2. The van der Waals surface area contributed by atoms with Crippen LogP contribution in [0.1, 0.15) is 43.4 Å². The van der Waals surface area contributed by atoms with Gasteiger partial charge in [-0.25, -0.2) is 0 Å². The summed E-state index contributed by atoms with van der Waals surface area (Å²) in [5.41, 5.74) is 0. The number of nitrogens with one attached hydrogen (secondary N) is 1. The topological polar surface area (TPSA) is 51.0 Å². The molecule has 3 atom stereocenters. The Labute approximate surface area is 108 Å². The second-order valence-electron chi connectivity index (χ2n) is 5.40. The quantitative estimate of drug-likeness (QED) is 0.921. The highest BCUT2D eigenvalue weighted by atomic mass is 19.4. The van der Waals surface area contributed by atoms with Gasteiger partial charge in [-0.1, -0.05) is 11.6 Å². The van der Waals surface area contributed by atoms with E-state index in [-0.39, 0.29) is 18.3 Å². The maximum Gasteiger partial charge on any atom is 0.389 e. The summed E-state index contributed by atoms with van der Waals surface area (Å²) < 4.78 is 41.5. The Morgan fingerprint density at radius 2 is 2.16 bits per heavy atom. The van der Waals surface area contributed by atoms with Crippen molar-refractivity contribution in [2.75, 3.05) is 6.54 Å². The molecule has 0 aromatic carbocycles. The van der Waals surface area contributed by atoms with Gasteiger partial charge in [0.2, 0.25) is 5.89 Å². The fourth-order valence-electron chi connectivity index (χ4n) is 3.21. The molecule has 7 heteroatoms. The first kappa shape index (κ1) is 12.9. The maximum atomic E-state index is 12.1. The Balaban J connectivity index is 1.65. The van der Waals surface area contributed by atoms with Gasteiger partial charge in [-0.15, -0.1) is 0 Å². The minimum absolute atomic E-state index is 0.0274. The molecule has 2 fully saturated rings. The van der Waals surface area contributed by atoms with Crippen molar-refractivity contribution in [2.45, 2.75) is 44.3 Å². The lowest BCUT2D eigenvalue weighted by Crippen LogP contribution is -2.18. The molecule has 1 aliphatic carbocycles. The monoisotopic (exact) mass is 275 g/mol. The van der Waals surface area contributed by atoms with Crippen LogP contribution >= 0.6 is 0 Å². The van der Waals surface area contributed by atoms with Gasteiger partial charge in [0.05, 0.1) is 12.5 Å². The Hall–Kier alpha value is -1.11. The molecule has 1 saturated carbocycles. The van der Waals surface area contributed by atoms with E-state index in [1.54, 1.807) is 0 Å². The second-order valence-corrected chi connectivity index (χ2v) is 5.40. The fraction of sp³-hybridized carbons (Fsp3) is 0.833. The molecule has 0 radical (unpaired) electrons. The van der Waals surface area contributed by atoms with Gasteiger partial charge in [0.15, 0.2) is 5.82 Å². The lowest BCUT2D eigenvalue weighted by molar-refractivity contribution is -0.134. The highest BCUT2D eigenvalue weighted by Gasteiger charge is 2.42. The van der Waals surface area contributed by atoms with E-state index in [0.29, 0.717) is 17.7 Å². The highest BCUT2D eigenvalue weighted by Crippen LogP contribution is 2.43. The van der Waals surface area contributed by atoms with Crippen LogP contribution in [0.4, 0.5) is 13.2 Å². The van der Waals surface area contributed by atoms with Crippen molar-refractivity contribution in [1.82, 2.24) is 15.5 Å². The van der Waals surface area contributed by atoms with E-state index < -0.39 is 12.6 Å². The molecular formula is C12H16F3N3O. The molecule has 3 unspecified atom stereocenters. The molecule has 2 aliphatic rings. The van der Waals surface area contributed by atoms with Crippen molar-refractivity contribution >= 4 is 0 Å². The van der Waals surface area contributed by atoms with Crippen LogP contribution in [-0.4, -0.2) is 22.9 Å². The standard InChI is InChI=1S/C12H16F3N3O/c13-12(14,15)5-4-9-17-11(19-18-9)10-8-3-1-2-7(8)6-16-10/h7-8,10,16H,1-6H2. The average molecular weight is 275 g/mol. The molecule has 0 amide bonds. The molecule has 1 aromatic heterocycles. The van der Waals surface area contributed by atoms with E-state index in [4.69, 9.17) is 4.52 Å². The van der Waals surface area contributed by atoms with Crippen LogP contribution in [0.15, 0.2) is 4.52 Å². The largest absolute Gasteiger partial charge is 0.389 e. The molecule has 2 heterocycles. The highest BCUT2D eigenvalue weighted by molar-refractivity contribution is 5.03. The van der Waals surface area contributed by atoms with Crippen molar-refractivity contribution in [2.24, 2.45) is 11.8 Å². The third-order valence-corrected chi connectivity index (χ3v) is 4.13. The summed E-state index contributed by atoms with van der Waals surface area (Å²) in [6, 6.07) is 0.0274. The number of hydrogen-bond acceptors (Lipinski definition) is 4. The average Bonchev–Trinajstić information content (AvgIpc) is 3.01. The molecule has 106 valence electrons. The number of aromatic nitrogens is 2. The second kappa shape index (κ2) is 4.77. The van der Waals surface area contributed by atoms with Crippen molar-refractivity contribution in [3.8, 4) is 0 Å². The predicted molar refractivity (Wildman–Crippen MR) is 60.2 cm³/mol. The van der Waals surface area contributed by atoms with Crippen molar-refractivity contribution in [3.63, 3.8) is 0 Å². The molecule has 3 rings (SSSR count). The van der Waals surface area contributed by atoms with Crippen molar-refractivity contribution < 1.29 is 17.7 Å². The van der Waals surface area contributed by atoms with Crippen LogP contribution in [0.2, 0.25) is 0 Å². The number of rotatable bonds is 3. The molecule has 19 heavy (non-hydrogen) atoms. The minimum Gasteiger partial charge on any atom is -0.338 e. The van der Waals surface area contributed by atoms with E-state index in [9.17, 15) is 13.2 Å². The summed E-state index contributed by atoms with van der Waals surface area (Å²) in [6.45, 7) is 0.940. The lowest BCUT2D eigenvalue weighted by atomic mass is 9.94. The van der Waals surface area contributed by atoms with Crippen LogP contribution in [-0.2, 0) is 6.42 Å². The smallest absolute Gasteiger partial charge is 0.338 e. The minimum atomic E-state index is -4.18. The normalized spacial score (nSPS) is 30.8. The Bertz CT molecular complexity index is 446. The summed E-state index contributed by atoms with van der Waals surface area (Å²) in [5, 5.41) is 6.99. The first-order valence-corrected chi connectivity index (χ1v) is 6.65. The summed E-state index contributed by atoms with van der Waals surface area (Å²) in [7, 11) is 0. The van der Waals surface area contributed by atoms with E-state index in [0.717, 1.165) is 13.0 Å². The molecule has 4 nitrogen and oxygen atoms in total. The van der Waals surface area contributed by atoms with E-state index >= 15 is 0 Å². The molecule has 0 spiro atoms. The number of alkyl halides is 3. The zero-order valence-electron chi connectivity index (χ0n) is 10.4. The fourth-order valence-corrected chi connectivity index (χ4v) is 3.21. The van der Waals surface area contributed by atoms with Crippen LogP contribution in [0.5, 0.6) is 0 Å². The maximum absolute atomic E-state index is 12.1. The Kier molecular flexibility index (Phi) is 3.24. The lowest BCUT2D eigenvalue weighted by Gasteiger charge is -2.13. The number of fused-ring (bicyclic) bond motifs is 1. The summed E-state index contributed by atoms with van der Waals surface area (Å²) in [6.07, 6.45) is -1.75. The van der Waals surface area contributed by atoms with Crippen LogP contribution in [0, 0.1) is 11.8 Å². The van der Waals surface area contributed by atoms with Gasteiger partial charge in [-0.05, 0) is 31.2 Å².